The van der Waals surface area contributed by atoms with Gasteiger partial charge in [0.2, 0.25) is 0 Å². The summed E-state index contributed by atoms with van der Waals surface area (Å²) in [6.45, 7) is 0. The van der Waals surface area contributed by atoms with E-state index in [1.165, 1.54) is 12.1 Å². The first kappa shape index (κ1) is 9.49. The smallest absolute Gasteiger partial charge is 0.307 e. The van der Waals surface area contributed by atoms with E-state index < -0.39 is 5.97 Å². The van der Waals surface area contributed by atoms with Gasteiger partial charge in [-0.25, -0.2) is 4.98 Å². The van der Waals surface area contributed by atoms with Crippen LogP contribution in [0.5, 0.6) is 0 Å². The second-order valence-corrected chi connectivity index (χ2v) is 2.75. The minimum atomic E-state index is -0.967. The highest BCUT2D eigenvalue weighted by Crippen LogP contribution is 2.10. The third-order valence-corrected chi connectivity index (χ3v) is 1.52. The Hall–Kier alpha value is -1.60. The van der Waals surface area contributed by atoms with Crippen molar-refractivity contribution >= 4 is 17.6 Å². The number of halogens is 1. The van der Waals surface area contributed by atoms with E-state index in [9.17, 15) is 4.79 Å². The zero-order valence-corrected chi connectivity index (χ0v) is 7.25. The van der Waals surface area contributed by atoms with Gasteiger partial charge in [0.15, 0.2) is 0 Å². The molecule has 5 heteroatoms. The van der Waals surface area contributed by atoms with Gasteiger partial charge in [-0.1, -0.05) is 11.6 Å². The molecule has 0 unspecified atom stereocenters. The highest BCUT2D eigenvalue weighted by Gasteiger charge is 2.04. The van der Waals surface area contributed by atoms with Crippen LogP contribution in [0.3, 0.4) is 0 Å². The number of nitriles is 1. The van der Waals surface area contributed by atoms with E-state index in [0.717, 1.165) is 0 Å². The lowest BCUT2D eigenvalue weighted by atomic mass is 10.2. The first-order chi connectivity index (χ1) is 6.11. The zero-order valence-electron chi connectivity index (χ0n) is 6.49. The molecule has 0 amide bonds. The molecule has 1 N–H and O–H groups in total. The van der Waals surface area contributed by atoms with Crippen molar-refractivity contribution in [3.8, 4) is 6.07 Å². The van der Waals surface area contributed by atoms with E-state index in [4.69, 9.17) is 22.0 Å². The van der Waals surface area contributed by atoms with Gasteiger partial charge in [-0.05, 0) is 17.7 Å². The average molecular weight is 197 g/mol. The molecule has 0 saturated heterocycles. The average Bonchev–Trinajstić information content (AvgIpc) is 2.01. The predicted molar refractivity (Wildman–Crippen MR) is 45.3 cm³/mol. The van der Waals surface area contributed by atoms with Gasteiger partial charge >= 0.3 is 5.97 Å². The van der Waals surface area contributed by atoms with Gasteiger partial charge in [-0.3, -0.25) is 4.79 Å². The van der Waals surface area contributed by atoms with Crippen LogP contribution in [-0.4, -0.2) is 16.1 Å². The van der Waals surface area contributed by atoms with Crippen LogP contribution in [0.15, 0.2) is 12.1 Å². The van der Waals surface area contributed by atoms with E-state index in [2.05, 4.69) is 4.98 Å². The SMILES string of the molecule is N#Cc1cc(CC(=O)O)cc(Cl)n1. The lowest BCUT2D eigenvalue weighted by Crippen LogP contribution is -2.01. The van der Waals surface area contributed by atoms with E-state index in [1.54, 1.807) is 6.07 Å². The maximum Gasteiger partial charge on any atom is 0.307 e. The van der Waals surface area contributed by atoms with Crippen LogP contribution in [-0.2, 0) is 11.2 Å². The molecule has 66 valence electrons. The van der Waals surface area contributed by atoms with E-state index >= 15 is 0 Å². The lowest BCUT2D eigenvalue weighted by molar-refractivity contribution is -0.136. The summed E-state index contributed by atoms with van der Waals surface area (Å²) in [7, 11) is 0. The van der Waals surface area contributed by atoms with Crippen LogP contribution >= 0.6 is 11.6 Å². The molecule has 0 radical (unpaired) electrons. The first-order valence-corrected chi connectivity index (χ1v) is 3.78. The molecule has 0 atom stereocenters. The Labute approximate surface area is 79.4 Å². The Bertz CT molecular complexity index is 384. The number of hydrogen-bond acceptors (Lipinski definition) is 3. The molecule has 0 aliphatic rings. The van der Waals surface area contributed by atoms with Crippen molar-refractivity contribution < 1.29 is 9.90 Å². The zero-order chi connectivity index (χ0) is 9.84. The largest absolute Gasteiger partial charge is 0.481 e. The van der Waals surface area contributed by atoms with Crippen LogP contribution in [0.25, 0.3) is 0 Å². The molecule has 0 bridgehead atoms. The fourth-order valence-electron chi connectivity index (χ4n) is 0.884. The molecule has 0 aliphatic heterocycles. The molecule has 13 heavy (non-hydrogen) atoms. The minimum Gasteiger partial charge on any atom is -0.481 e. The molecule has 0 aromatic carbocycles. The summed E-state index contributed by atoms with van der Waals surface area (Å²) in [4.78, 5) is 14.0. The molecule has 0 aliphatic carbocycles. The molecule has 1 aromatic heterocycles. The topological polar surface area (TPSA) is 74.0 Å². The normalized spacial score (nSPS) is 9.23. The summed E-state index contributed by atoms with van der Waals surface area (Å²) < 4.78 is 0. The van der Waals surface area contributed by atoms with Crippen molar-refractivity contribution in [3.05, 3.63) is 28.5 Å². The molecule has 0 spiro atoms. The molecule has 1 aromatic rings. The van der Waals surface area contributed by atoms with Crippen molar-refractivity contribution in [1.82, 2.24) is 4.98 Å². The Balaban J connectivity index is 3.03. The summed E-state index contributed by atoms with van der Waals surface area (Å²) >= 11 is 5.56. The maximum absolute atomic E-state index is 10.3. The number of nitrogens with zero attached hydrogens (tertiary/aromatic N) is 2. The summed E-state index contributed by atoms with van der Waals surface area (Å²) in [5, 5.41) is 17.1. The number of rotatable bonds is 2. The number of carboxylic acids is 1. The van der Waals surface area contributed by atoms with Gasteiger partial charge in [0.25, 0.3) is 0 Å². The van der Waals surface area contributed by atoms with Crippen LogP contribution in [0, 0.1) is 11.3 Å². The molecule has 4 nitrogen and oxygen atoms in total. The highest BCUT2D eigenvalue weighted by molar-refractivity contribution is 6.29. The van der Waals surface area contributed by atoms with Gasteiger partial charge in [0.05, 0.1) is 6.42 Å². The fraction of sp³-hybridized carbons (Fsp3) is 0.125. The number of carboxylic acid groups (broad SMARTS) is 1. The van der Waals surface area contributed by atoms with Crippen molar-refractivity contribution in [1.29, 1.82) is 5.26 Å². The summed E-state index contributed by atoms with van der Waals surface area (Å²) in [6, 6.07) is 4.62. The predicted octanol–water partition coefficient (Wildman–Crippen LogP) is 1.23. The number of hydrogen-bond donors (Lipinski definition) is 1. The molecular formula is C8H5ClN2O2. The van der Waals surface area contributed by atoms with Crippen molar-refractivity contribution in [2.24, 2.45) is 0 Å². The van der Waals surface area contributed by atoms with Gasteiger partial charge in [-0.15, -0.1) is 0 Å². The van der Waals surface area contributed by atoms with Crippen LogP contribution < -0.4 is 0 Å². The Morgan fingerprint density at radius 1 is 1.69 bits per heavy atom. The van der Waals surface area contributed by atoms with Crippen molar-refractivity contribution in [2.75, 3.05) is 0 Å². The Morgan fingerprint density at radius 2 is 2.38 bits per heavy atom. The van der Waals surface area contributed by atoms with E-state index in [-0.39, 0.29) is 17.3 Å². The quantitative estimate of drug-likeness (QED) is 0.722. The van der Waals surface area contributed by atoms with E-state index in [1.807, 2.05) is 0 Å². The molecular weight excluding hydrogens is 192 g/mol. The van der Waals surface area contributed by atoms with Crippen LogP contribution in [0.1, 0.15) is 11.3 Å². The number of aromatic nitrogens is 1. The minimum absolute atomic E-state index is 0.128. The van der Waals surface area contributed by atoms with Gasteiger partial charge in [0.1, 0.15) is 16.9 Å². The third-order valence-electron chi connectivity index (χ3n) is 1.32. The van der Waals surface area contributed by atoms with Crippen LogP contribution in [0.4, 0.5) is 0 Å². The first-order valence-electron chi connectivity index (χ1n) is 3.40. The molecule has 0 saturated carbocycles. The fourth-order valence-corrected chi connectivity index (χ4v) is 1.12. The monoisotopic (exact) mass is 196 g/mol. The highest BCUT2D eigenvalue weighted by atomic mass is 35.5. The number of carbonyl (C=O) groups is 1. The summed E-state index contributed by atoms with van der Waals surface area (Å²) in [5.41, 5.74) is 0.604. The third kappa shape index (κ3) is 2.73. The molecule has 0 fully saturated rings. The van der Waals surface area contributed by atoms with E-state index in [0.29, 0.717) is 5.56 Å². The summed E-state index contributed by atoms with van der Waals surface area (Å²) in [5.74, 6) is -0.967. The van der Waals surface area contributed by atoms with Gasteiger partial charge < -0.3 is 5.11 Å². The van der Waals surface area contributed by atoms with Gasteiger partial charge in [-0.2, -0.15) is 5.26 Å². The maximum atomic E-state index is 10.3. The number of pyridine rings is 1. The Morgan fingerprint density at radius 3 is 2.92 bits per heavy atom. The summed E-state index contributed by atoms with van der Waals surface area (Å²) in [6.07, 6.45) is -0.156. The Kier molecular flexibility index (Phi) is 2.83. The molecule has 1 heterocycles. The van der Waals surface area contributed by atoms with Crippen molar-refractivity contribution in [3.63, 3.8) is 0 Å². The molecule has 1 rings (SSSR count). The second kappa shape index (κ2) is 3.87. The van der Waals surface area contributed by atoms with Crippen LogP contribution in [0.2, 0.25) is 5.15 Å². The number of aliphatic carboxylic acids is 1. The lowest BCUT2D eigenvalue weighted by Gasteiger charge is -1.97. The second-order valence-electron chi connectivity index (χ2n) is 2.37. The standard InChI is InChI=1S/C8H5ClN2O2/c9-7-2-5(3-8(12)13)1-6(4-10)11-7/h1-2H,3H2,(H,12,13). The van der Waals surface area contributed by atoms with Crippen molar-refractivity contribution in [2.45, 2.75) is 6.42 Å². The van der Waals surface area contributed by atoms with Gasteiger partial charge in [0, 0.05) is 0 Å².